The standard InChI is InChI=1S/C13H9N3/c1-4-11(13-15-8-3-9-16-13)10-5-2-7-14-12(10)6-1/h1-9H. The first kappa shape index (κ1) is 8.97. The molecule has 2 aromatic heterocycles. The van der Waals surface area contributed by atoms with Crippen LogP contribution in [0.2, 0.25) is 0 Å². The lowest BCUT2D eigenvalue weighted by atomic mass is 10.1. The maximum Gasteiger partial charge on any atom is 0.159 e. The van der Waals surface area contributed by atoms with Crippen LogP contribution < -0.4 is 0 Å². The Morgan fingerprint density at radius 1 is 0.688 bits per heavy atom. The minimum atomic E-state index is 0.737. The molecule has 0 aliphatic rings. The zero-order valence-electron chi connectivity index (χ0n) is 8.54. The molecule has 0 unspecified atom stereocenters. The first-order valence-corrected chi connectivity index (χ1v) is 5.06. The molecule has 1 aromatic carbocycles. The van der Waals surface area contributed by atoms with Gasteiger partial charge in [0.15, 0.2) is 5.82 Å². The lowest BCUT2D eigenvalue weighted by Gasteiger charge is -2.03. The average molecular weight is 207 g/mol. The number of hydrogen-bond acceptors (Lipinski definition) is 3. The smallest absolute Gasteiger partial charge is 0.159 e. The van der Waals surface area contributed by atoms with Crippen LogP contribution in [0.1, 0.15) is 0 Å². The molecule has 0 bridgehead atoms. The molecule has 76 valence electrons. The van der Waals surface area contributed by atoms with Crippen LogP contribution in [-0.4, -0.2) is 15.0 Å². The Balaban J connectivity index is 2.32. The molecule has 0 aliphatic heterocycles. The van der Waals surface area contributed by atoms with Crippen LogP contribution in [0.25, 0.3) is 22.3 Å². The highest BCUT2D eigenvalue weighted by molar-refractivity contribution is 5.92. The van der Waals surface area contributed by atoms with Crippen molar-refractivity contribution in [2.45, 2.75) is 0 Å². The fourth-order valence-electron chi connectivity index (χ4n) is 1.74. The highest BCUT2D eigenvalue weighted by Crippen LogP contribution is 2.23. The molecule has 0 fully saturated rings. The zero-order valence-corrected chi connectivity index (χ0v) is 8.54. The Morgan fingerprint density at radius 2 is 1.50 bits per heavy atom. The Morgan fingerprint density at radius 3 is 2.38 bits per heavy atom. The van der Waals surface area contributed by atoms with E-state index >= 15 is 0 Å². The van der Waals surface area contributed by atoms with Crippen molar-refractivity contribution in [3.8, 4) is 11.4 Å². The van der Waals surface area contributed by atoms with Crippen molar-refractivity contribution >= 4 is 10.9 Å². The second-order valence-corrected chi connectivity index (χ2v) is 3.45. The monoisotopic (exact) mass is 207 g/mol. The summed E-state index contributed by atoms with van der Waals surface area (Å²) in [6.45, 7) is 0. The SMILES string of the molecule is c1cnc(-c2cccc3ncccc23)nc1. The molecule has 0 radical (unpaired) electrons. The van der Waals surface area contributed by atoms with Gasteiger partial charge in [0.05, 0.1) is 5.52 Å². The number of benzene rings is 1. The van der Waals surface area contributed by atoms with Crippen molar-refractivity contribution in [2.75, 3.05) is 0 Å². The second kappa shape index (κ2) is 3.70. The average Bonchev–Trinajstić information content (AvgIpc) is 2.39. The topological polar surface area (TPSA) is 38.7 Å². The summed E-state index contributed by atoms with van der Waals surface area (Å²) in [6, 6.07) is 11.7. The van der Waals surface area contributed by atoms with Crippen LogP contribution >= 0.6 is 0 Å². The maximum absolute atomic E-state index is 4.31. The number of aromatic nitrogens is 3. The molecular formula is C13H9N3. The summed E-state index contributed by atoms with van der Waals surface area (Å²) < 4.78 is 0. The third-order valence-electron chi connectivity index (χ3n) is 2.45. The largest absolute Gasteiger partial charge is 0.256 e. The van der Waals surface area contributed by atoms with E-state index in [1.807, 2.05) is 36.4 Å². The summed E-state index contributed by atoms with van der Waals surface area (Å²) >= 11 is 0. The quantitative estimate of drug-likeness (QED) is 0.615. The number of nitrogens with zero attached hydrogens (tertiary/aromatic N) is 3. The minimum absolute atomic E-state index is 0.737. The van der Waals surface area contributed by atoms with Crippen LogP contribution in [0.15, 0.2) is 55.0 Å². The maximum atomic E-state index is 4.31. The van der Waals surface area contributed by atoms with Crippen LogP contribution in [0.5, 0.6) is 0 Å². The number of fused-ring (bicyclic) bond motifs is 1. The molecule has 0 saturated carbocycles. The van der Waals surface area contributed by atoms with Gasteiger partial charge in [0.2, 0.25) is 0 Å². The summed E-state index contributed by atoms with van der Waals surface area (Å²) in [4.78, 5) is 12.8. The first-order valence-electron chi connectivity index (χ1n) is 5.06. The van der Waals surface area contributed by atoms with Gasteiger partial charge in [-0.2, -0.15) is 0 Å². The van der Waals surface area contributed by atoms with Crippen LogP contribution in [0.4, 0.5) is 0 Å². The summed E-state index contributed by atoms with van der Waals surface area (Å²) in [5, 5.41) is 1.08. The van der Waals surface area contributed by atoms with Crippen LogP contribution in [-0.2, 0) is 0 Å². The van der Waals surface area contributed by atoms with Crippen molar-refractivity contribution < 1.29 is 0 Å². The summed E-state index contributed by atoms with van der Waals surface area (Å²) in [5.74, 6) is 0.737. The fraction of sp³-hybridized carbons (Fsp3) is 0. The van der Waals surface area contributed by atoms with Gasteiger partial charge in [0.25, 0.3) is 0 Å². The highest BCUT2D eigenvalue weighted by atomic mass is 14.9. The summed E-state index contributed by atoms with van der Waals surface area (Å²) in [7, 11) is 0. The van der Waals surface area contributed by atoms with Gasteiger partial charge in [-0.25, -0.2) is 9.97 Å². The highest BCUT2D eigenvalue weighted by Gasteiger charge is 2.04. The lowest BCUT2D eigenvalue weighted by Crippen LogP contribution is -1.88. The van der Waals surface area contributed by atoms with Crippen LogP contribution in [0.3, 0.4) is 0 Å². The van der Waals surface area contributed by atoms with E-state index in [1.54, 1.807) is 18.6 Å². The van der Waals surface area contributed by atoms with Crippen molar-refractivity contribution in [3.05, 3.63) is 55.0 Å². The molecule has 3 nitrogen and oxygen atoms in total. The molecule has 0 amide bonds. The molecule has 0 saturated heterocycles. The molecule has 3 heteroatoms. The molecular weight excluding hydrogens is 198 g/mol. The summed E-state index contributed by atoms with van der Waals surface area (Å²) in [6.07, 6.45) is 5.28. The van der Waals surface area contributed by atoms with E-state index in [1.165, 1.54) is 0 Å². The predicted molar refractivity (Wildman–Crippen MR) is 62.8 cm³/mol. The molecule has 0 atom stereocenters. The normalized spacial score (nSPS) is 10.5. The second-order valence-electron chi connectivity index (χ2n) is 3.45. The van der Waals surface area contributed by atoms with Crippen LogP contribution in [0, 0.1) is 0 Å². The molecule has 0 spiro atoms. The third kappa shape index (κ3) is 1.42. The molecule has 2 heterocycles. The van der Waals surface area contributed by atoms with Gasteiger partial charge in [0, 0.05) is 29.5 Å². The van der Waals surface area contributed by atoms with E-state index in [9.17, 15) is 0 Å². The van der Waals surface area contributed by atoms with Gasteiger partial charge in [-0.1, -0.05) is 18.2 Å². The summed E-state index contributed by atoms with van der Waals surface area (Å²) in [5.41, 5.74) is 1.98. The minimum Gasteiger partial charge on any atom is -0.256 e. The van der Waals surface area contributed by atoms with E-state index in [2.05, 4.69) is 15.0 Å². The Hall–Kier alpha value is -2.29. The Labute approximate surface area is 92.8 Å². The van der Waals surface area contributed by atoms with Gasteiger partial charge in [-0.05, 0) is 18.2 Å². The third-order valence-corrected chi connectivity index (χ3v) is 2.45. The van der Waals surface area contributed by atoms with E-state index < -0.39 is 0 Å². The molecule has 16 heavy (non-hydrogen) atoms. The lowest BCUT2D eigenvalue weighted by molar-refractivity contribution is 1.18. The van der Waals surface area contributed by atoms with Crippen molar-refractivity contribution in [1.29, 1.82) is 0 Å². The predicted octanol–water partition coefficient (Wildman–Crippen LogP) is 2.69. The van der Waals surface area contributed by atoms with Gasteiger partial charge < -0.3 is 0 Å². The van der Waals surface area contributed by atoms with Gasteiger partial charge in [-0.15, -0.1) is 0 Å². The Bertz CT molecular complexity index is 615. The van der Waals surface area contributed by atoms with E-state index in [4.69, 9.17) is 0 Å². The van der Waals surface area contributed by atoms with Gasteiger partial charge >= 0.3 is 0 Å². The number of pyridine rings is 1. The molecule has 0 aliphatic carbocycles. The molecule has 3 rings (SSSR count). The van der Waals surface area contributed by atoms with E-state index in [0.29, 0.717) is 0 Å². The molecule has 0 N–H and O–H groups in total. The Kier molecular flexibility index (Phi) is 2.07. The number of rotatable bonds is 1. The van der Waals surface area contributed by atoms with Crippen molar-refractivity contribution in [2.24, 2.45) is 0 Å². The van der Waals surface area contributed by atoms with E-state index in [-0.39, 0.29) is 0 Å². The number of hydrogen-bond donors (Lipinski definition) is 0. The van der Waals surface area contributed by atoms with Crippen molar-refractivity contribution in [3.63, 3.8) is 0 Å². The van der Waals surface area contributed by atoms with Gasteiger partial charge in [0.1, 0.15) is 0 Å². The molecule has 3 aromatic rings. The first-order chi connectivity index (χ1) is 7.95. The van der Waals surface area contributed by atoms with E-state index in [0.717, 1.165) is 22.3 Å². The van der Waals surface area contributed by atoms with Gasteiger partial charge in [-0.3, -0.25) is 4.98 Å². The van der Waals surface area contributed by atoms with Crippen molar-refractivity contribution in [1.82, 2.24) is 15.0 Å². The zero-order chi connectivity index (χ0) is 10.8. The fourth-order valence-corrected chi connectivity index (χ4v) is 1.74.